The third-order valence-corrected chi connectivity index (χ3v) is 8.82. The van der Waals surface area contributed by atoms with Crippen molar-refractivity contribution in [1.29, 1.82) is 0 Å². The number of aryl methyl sites for hydroxylation is 2. The molecule has 0 aliphatic heterocycles. The van der Waals surface area contributed by atoms with Crippen molar-refractivity contribution in [2.45, 2.75) is 52.0 Å². The highest BCUT2D eigenvalue weighted by atomic mass is 32.2. The lowest BCUT2D eigenvalue weighted by atomic mass is 10.1. The normalized spacial score (nSPS) is 12.0. The summed E-state index contributed by atoms with van der Waals surface area (Å²) in [6, 6.07) is 18.5. The van der Waals surface area contributed by atoms with Crippen molar-refractivity contribution in [3.8, 4) is 11.5 Å². The van der Waals surface area contributed by atoms with Crippen molar-refractivity contribution in [3.63, 3.8) is 0 Å². The second kappa shape index (κ2) is 14.9. The molecule has 1 unspecified atom stereocenters. The number of sulfonamides is 1. The summed E-state index contributed by atoms with van der Waals surface area (Å²) in [6.07, 6.45) is 0.500. The molecule has 0 radical (unpaired) electrons. The van der Waals surface area contributed by atoms with Gasteiger partial charge in [-0.15, -0.1) is 0 Å². The van der Waals surface area contributed by atoms with Crippen molar-refractivity contribution >= 4 is 27.5 Å². The van der Waals surface area contributed by atoms with Gasteiger partial charge in [-0.3, -0.25) is 13.9 Å². The van der Waals surface area contributed by atoms with Crippen LogP contribution in [0.25, 0.3) is 0 Å². The number of carbonyl (C=O) groups is 2. The van der Waals surface area contributed by atoms with Gasteiger partial charge in [-0.25, -0.2) is 8.42 Å². The van der Waals surface area contributed by atoms with Crippen LogP contribution >= 0.6 is 0 Å². The summed E-state index contributed by atoms with van der Waals surface area (Å²) in [6.45, 7) is 9.58. The molecule has 0 saturated heterocycles. The van der Waals surface area contributed by atoms with E-state index in [0.29, 0.717) is 24.4 Å². The van der Waals surface area contributed by atoms with E-state index in [-0.39, 0.29) is 29.0 Å². The van der Waals surface area contributed by atoms with E-state index in [1.807, 2.05) is 64.1 Å². The summed E-state index contributed by atoms with van der Waals surface area (Å²) in [5.41, 5.74) is 3.04. The summed E-state index contributed by atoms with van der Waals surface area (Å²) in [7, 11) is -1.36. The number of benzene rings is 3. The highest BCUT2D eigenvalue weighted by molar-refractivity contribution is 7.92. The molecule has 9 nitrogen and oxygen atoms in total. The average Bonchev–Trinajstić information content (AvgIpc) is 2.98. The van der Waals surface area contributed by atoms with E-state index in [0.717, 1.165) is 21.0 Å². The van der Waals surface area contributed by atoms with Gasteiger partial charge in [-0.1, -0.05) is 50.2 Å². The topological polar surface area (TPSA) is 105 Å². The highest BCUT2D eigenvalue weighted by Gasteiger charge is 2.33. The first-order valence-corrected chi connectivity index (χ1v) is 15.8. The minimum absolute atomic E-state index is 0.0596. The molecule has 43 heavy (non-hydrogen) atoms. The van der Waals surface area contributed by atoms with Gasteiger partial charge in [-0.2, -0.15) is 0 Å². The molecule has 232 valence electrons. The Hall–Kier alpha value is -4.05. The fourth-order valence-corrected chi connectivity index (χ4v) is 6.16. The molecule has 0 saturated carbocycles. The van der Waals surface area contributed by atoms with Crippen LogP contribution in [0, 0.1) is 19.8 Å². The summed E-state index contributed by atoms with van der Waals surface area (Å²) in [5.74, 6) is 0.0671. The number of anilines is 1. The molecule has 0 spiro atoms. The monoisotopic (exact) mass is 609 g/mol. The van der Waals surface area contributed by atoms with Crippen molar-refractivity contribution in [1.82, 2.24) is 10.2 Å². The highest BCUT2D eigenvalue weighted by Crippen LogP contribution is 2.33. The number of hydrogen-bond donors (Lipinski definition) is 1. The van der Waals surface area contributed by atoms with Gasteiger partial charge in [0.2, 0.25) is 11.8 Å². The SMILES string of the molecule is COc1ccc(S(=O)(=O)N(CC(=O)N(CCc2ccccc2)C(C)C(=O)NCC(C)C)c2cc(C)cc(C)c2)cc1OC. The maximum absolute atomic E-state index is 14.2. The zero-order chi connectivity index (χ0) is 31.7. The molecule has 3 rings (SSSR count). The Morgan fingerprint density at radius 3 is 2.07 bits per heavy atom. The molecule has 0 fully saturated rings. The Morgan fingerprint density at radius 1 is 0.860 bits per heavy atom. The van der Waals surface area contributed by atoms with Gasteiger partial charge in [0, 0.05) is 19.2 Å². The molecule has 0 aliphatic rings. The van der Waals surface area contributed by atoms with Gasteiger partial charge >= 0.3 is 0 Å². The molecule has 2 amide bonds. The molecule has 1 N–H and O–H groups in total. The fraction of sp³-hybridized carbons (Fsp3) is 0.394. The van der Waals surface area contributed by atoms with E-state index in [1.165, 1.54) is 37.3 Å². The number of ether oxygens (including phenoxy) is 2. The number of hydrogen-bond acceptors (Lipinski definition) is 6. The second-order valence-corrected chi connectivity index (χ2v) is 12.9. The van der Waals surface area contributed by atoms with Gasteiger partial charge in [0.1, 0.15) is 12.6 Å². The Labute approximate surface area is 255 Å². The smallest absolute Gasteiger partial charge is 0.264 e. The summed E-state index contributed by atoms with van der Waals surface area (Å²) in [5, 5.41) is 2.90. The maximum atomic E-state index is 14.2. The summed E-state index contributed by atoms with van der Waals surface area (Å²) >= 11 is 0. The number of rotatable bonds is 14. The van der Waals surface area contributed by atoms with Crippen molar-refractivity contribution in [2.24, 2.45) is 5.92 Å². The Bertz CT molecular complexity index is 1490. The predicted molar refractivity (Wildman–Crippen MR) is 169 cm³/mol. The third kappa shape index (κ3) is 8.73. The third-order valence-electron chi connectivity index (χ3n) is 7.05. The van der Waals surface area contributed by atoms with E-state index in [9.17, 15) is 18.0 Å². The van der Waals surface area contributed by atoms with E-state index in [1.54, 1.807) is 19.1 Å². The van der Waals surface area contributed by atoms with E-state index >= 15 is 0 Å². The number of methoxy groups -OCH3 is 2. The fourth-order valence-electron chi connectivity index (χ4n) is 4.75. The van der Waals surface area contributed by atoms with Crippen LogP contribution in [-0.2, 0) is 26.0 Å². The quantitative estimate of drug-likeness (QED) is 0.283. The molecular weight excluding hydrogens is 566 g/mol. The van der Waals surface area contributed by atoms with Gasteiger partial charge in [0.25, 0.3) is 10.0 Å². The zero-order valence-electron chi connectivity index (χ0n) is 26.1. The number of carbonyl (C=O) groups excluding carboxylic acids is 2. The average molecular weight is 610 g/mol. The lowest BCUT2D eigenvalue weighted by molar-refractivity contribution is -0.138. The minimum atomic E-state index is -4.26. The molecule has 0 heterocycles. The van der Waals surface area contributed by atoms with Crippen LogP contribution in [0.4, 0.5) is 5.69 Å². The van der Waals surface area contributed by atoms with Gasteiger partial charge in [0.05, 0.1) is 24.8 Å². The van der Waals surface area contributed by atoms with Crippen LogP contribution in [0.15, 0.2) is 71.6 Å². The van der Waals surface area contributed by atoms with Crippen LogP contribution in [-0.4, -0.2) is 65.0 Å². The number of nitrogens with zero attached hydrogens (tertiary/aromatic N) is 2. The van der Waals surface area contributed by atoms with Crippen LogP contribution in [0.2, 0.25) is 0 Å². The van der Waals surface area contributed by atoms with Crippen LogP contribution < -0.4 is 19.1 Å². The minimum Gasteiger partial charge on any atom is -0.493 e. The van der Waals surface area contributed by atoms with Gasteiger partial charge < -0.3 is 19.7 Å². The molecule has 3 aromatic rings. The summed E-state index contributed by atoms with van der Waals surface area (Å²) < 4.78 is 40.2. The molecule has 3 aromatic carbocycles. The lowest BCUT2D eigenvalue weighted by Gasteiger charge is -2.32. The molecule has 10 heteroatoms. The molecule has 1 atom stereocenters. The number of nitrogens with one attached hydrogen (secondary N) is 1. The molecule has 0 aromatic heterocycles. The predicted octanol–water partition coefficient (Wildman–Crippen LogP) is 4.75. The zero-order valence-corrected chi connectivity index (χ0v) is 26.9. The summed E-state index contributed by atoms with van der Waals surface area (Å²) in [4.78, 5) is 28.6. The first-order valence-electron chi connectivity index (χ1n) is 14.3. The van der Waals surface area contributed by atoms with Crippen molar-refractivity contribution < 1.29 is 27.5 Å². The van der Waals surface area contributed by atoms with E-state index < -0.39 is 28.5 Å². The lowest BCUT2D eigenvalue weighted by Crippen LogP contribution is -2.52. The first kappa shape index (κ1) is 33.5. The first-order chi connectivity index (χ1) is 20.4. The van der Waals surface area contributed by atoms with Crippen LogP contribution in [0.1, 0.15) is 37.5 Å². The Balaban J connectivity index is 2.04. The molecule has 0 bridgehead atoms. The second-order valence-electron chi connectivity index (χ2n) is 11.0. The van der Waals surface area contributed by atoms with Gasteiger partial charge in [0.15, 0.2) is 11.5 Å². The Morgan fingerprint density at radius 2 is 1.49 bits per heavy atom. The van der Waals surface area contributed by atoms with E-state index in [2.05, 4.69) is 5.32 Å². The van der Waals surface area contributed by atoms with Crippen LogP contribution in [0.3, 0.4) is 0 Å². The van der Waals surface area contributed by atoms with Crippen molar-refractivity contribution in [2.75, 3.05) is 38.2 Å². The van der Waals surface area contributed by atoms with E-state index in [4.69, 9.17) is 9.47 Å². The molecular formula is C33H43N3O6S. The Kier molecular flexibility index (Phi) is 11.6. The number of amides is 2. The van der Waals surface area contributed by atoms with Crippen LogP contribution in [0.5, 0.6) is 11.5 Å². The van der Waals surface area contributed by atoms with Crippen molar-refractivity contribution in [3.05, 3.63) is 83.4 Å². The largest absolute Gasteiger partial charge is 0.493 e. The molecule has 0 aliphatic carbocycles. The standard InChI is InChI=1S/C33H43N3O6S/c1-23(2)21-34-33(38)26(5)35(16-15-27-11-9-8-10-12-27)32(37)22-36(28-18-24(3)17-25(4)19-28)43(39,40)29-13-14-30(41-6)31(20-29)42-7/h8-14,17-20,23,26H,15-16,21-22H2,1-7H3,(H,34,38). The maximum Gasteiger partial charge on any atom is 0.264 e. The van der Waals surface area contributed by atoms with Gasteiger partial charge in [-0.05, 0) is 74.1 Å².